The number of hydrogen-bond acceptors (Lipinski definition) is 2. The third kappa shape index (κ3) is 3.89. The highest BCUT2D eigenvalue weighted by molar-refractivity contribution is 6.19. The molecule has 0 saturated heterocycles. The van der Waals surface area contributed by atoms with Crippen molar-refractivity contribution in [2.75, 3.05) is 26.2 Å². The molecular weight excluding hydrogens is 260 g/mol. The van der Waals surface area contributed by atoms with Crippen molar-refractivity contribution in [2.24, 2.45) is 0 Å². The molecule has 0 fully saturated rings. The van der Waals surface area contributed by atoms with Gasteiger partial charge < -0.3 is 9.47 Å². The van der Waals surface area contributed by atoms with Crippen LogP contribution in [0.15, 0.2) is 36.4 Å². The molecular formula is C16H15ClO2. The summed E-state index contributed by atoms with van der Waals surface area (Å²) in [7, 11) is 1.66. The fourth-order valence-corrected chi connectivity index (χ4v) is 1.84. The Kier molecular flexibility index (Phi) is 5.09. The van der Waals surface area contributed by atoms with Crippen LogP contribution >= 0.6 is 11.6 Å². The molecule has 0 heterocycles. The molecule has 0 aliphatic rings. The van der Waals surface area contributed by atoms with Crippen LogP contribution in [0.2, 0.25) is 0 Å². The second kappa shape index (κ2) is 7.04. The molecule has 19 heavy (non-hydrogen) atoms. The summed E-state index contributed by atoms with van der Waals surface area (Å²) in [5, 5.41) is 2.27. The van der Waals surface area contributed by atoms with Crippen molar-refractivity contribution in [3.8, 4) is 17.6 Å². The zero-order valence-corrected chi connectivity index (χ0v) is 11.5. The highest BCUT2D eigenvalue weighted by atomic mass is 35.5. The van der Waals surface area contributed by atoms with Crippen LogP contribution in [0.25, 0.3) is 10.8 Å². The normalized spacial score (nSPS) is 10.0. The summed E-state index contributed by atoms with van der Waals surface area (Å²) in [6.07, 6.45) is 0. The van der Waals surface area contributed by atoms with Gasteiger partial charge in [0.05, 0.1) is 12.5 Å². The Hall–Kier alpha value is -1.69. The Balaban J connectivity index is 2.20. The Labute approximate surface area is 118 Å². The molecule has 2 aromatic carbocycles. The van der Waals surface area contributed by atoms with Gasteiger partial charge in [-0.05, 0) is 35.0 Å². The molecule has 0 spiro atoms. The van der Waals surface area contributed by atoms with Crippen LogP contribution in [0.4, 0.5) is 0 Å². The maximum absolute atomic E-state index is 5.58. The van der Waals surface area contributed by atoms with Gasteiger partial charge in [0.25, 0.3) is 0 Å². The van der Waals surface area contributed by atoms with E-state index in [1.807, 2.05) is 36.4 Å². The molecule has 0 radical (unpaired) electrons. The number of fused-ring (bicyclic) bond motifs is 1. The molecule has 2 nitrogen and oxygen atoms in total. The van der Waals surface area contributed by atoms with Gasteiger partial charge in [0.2, 0.25) is 0 Å². The van der Waals surface area contributed by atoms with Crippen LogP contribution in [0.5, 0.6) is 5.75 Å². The summed E-state index contributed by atoms with van der Waals surface area (Å²) in [6, 6.07) is 12.1. The fraction of sp³-hybridized carbons (Fsp3) is 0.250. The van der Waals surface area contributed by atoms with E-state index in [-0.39, 0.29) is 0 Å². The first-order chi connectivity index (χ1) is 9.33. The molecule has 0 N–H and O–H groups in total. The Morgan fingerprint density at radius 2 is 1.84 bits per heavy atom. The summed E-state index contributed by atoms with van der Waals surface area (Å²) in [5.74, 6) is 7.07. The van der Waals surface area contributed by atoms with E-state index in [4.69, 9.17) is 21.1 Å². The summed E-state index contributed by atoms with van der Waals surface area (Å²) >= 11 is 5.55. The van der Waals surface area contributed by atoms with E-state index < -0.39 is 0 Å². The number of methoxy groups -OCH3 is 1. The SMILES string of the molecule is COCCOc1ccc2cc(C#CCCl)ccc2c1. The van der Waals surface area contributed by atoms with Crippen LogP contribution < -0.4 is 4.74 Å². The topological polar surface area (TPSA) is 18.5 Å². The average Bonchev–Trinajstić information content (AvgIpc) is 2.45. The minimum absolute atomic E-state index is 0.352. The summed E-state index contributed by atoms with van der Waals surface area (Å²) in [4.78, 5) is 0. The lowest BCUT2D eigenvalue weighted by molar-refractivity contribution is 0.146. The van der Waals surface area contributed by atoms with Gasteiger partial charge in [-0.25, -0.2) is 0 Å². The molecule has 0 unspecified atom stereocenters. The molecule has 2 aromatic rings. The number of ether oxygens (including phenoxy) is 2. The maximum Gasteiger partial charge on any atom is 0.120 e. The third-order valence-electron chi connectivity index (χ3n) is 2.67. The first-order valence-electron chi connectivity index (χ1n) is 6.04. The quantitative estimate of drug-likeness (QED) is 0.483. The summed E-state index contributed by atoms with van der Waals surface area (Å²) in [5.41, 5.74) is 0.973. The number of halogens is 1. The van der Waals surface area contributed by atoms with Crippen LogP contribution in [0.1, 0.15) is 5.56 Å². The van der Waals surface area contributed by atoms with Gasteiger partial charge >= 0.3 is 0 Å². The second-order valence-corrected chi connectivity index (χ2v) is 4.27. The monoisotopic (exact) mass is 274 g/mol. The van der Waals surface area contributed by atoms with Crippen LogP contribution in [-0.2, 0) is 4.74 Å². The first-order valence-corrected chi connectivity index (χ1v) is 6.57. The minimum atomic E-state index is 0.352. The standard InChI is InChI=1S/C16H15ClO2/c1-18-9-10-19-16-7-6-14-11-13(3-2-8-17)4-5-15(14)12-16/h4-7,11-12H,8-10H2,1H3. The minimum Gasteiger partial charge on any atom is -0.491 e. The number of alkyl halides is 1. The lowest BCUT2D eigenvalue weighted by Crippen LogP contribution is -2.03. The smallest absolute Gasteiger partial charge is 0.120 e. The molecule has 3 heteroatoms. The zero-order valence-electron chi connectivity index (χ0n) is 10.8. The van der Waals surface area contributed by atoms with Crippen molar-refractivity contribution in [1.82, 2.24) is 0 Å². The molecule has 0 aromatic heterocycles. The van der Waals surface area contributed by atoms with Gasteiger partial charge in [0.1, 0.15) is 12.4 Å². The lowest BCUT2D eigenvalue weighted by atomic mass is 10.1. The largest absolute Gasteiger partial charge is 0.491 e. The highest BCUT2D eigenvalue weighted by Crippen LogP contribution is 2.21. The second-order valence-electron chi connectivity index (χ2n) is 4.00. The van der Waals surface area contributed by atoms with Crippen molar-refractivity contribution >= 4 is 22.4 Å². The number of benzene rings is 2. The third-order valence-corrected chi connectivity index (χ3v) is 2.80. The van der Waals surface area contributed by atoms with Crippen molar-refractivity contribution in [3.63, 3.8) is 0 Å². The Morgan fingerprint density at radius 3 is 2.63 bits per heavy atom. The molecule has 98 valence electrons. The summed E-state index contributed by atoms with van der Waals surface area (Å²) in [6.45, 7) is 1.15. The molecule has 0 aliphatic carbocycles. The van der Waals surface area contributed by atoms with E-state index in [9.17, 15) is 0 Å². The van der Waals surface area contributed by atoms with Gasteiger partial charge in [-0.3, -0.25) is 0 Å². The molecule has 0 saturated carbocycles. The van der Waals surface area contributed by atoms with Gasteiger partial charge in [0.15, 0.2) is 0 Å². The van der Waals surface area contributed by atoms with Gasteiger partial charge in [-0.15, -0.1) is 11.6 Å². The van der Waals surface area contributed by atoms with Gasteiger partial charge in [-0.2, -0.15) is 0 Å². The molecule has 0 atom stereocenters. The Morgan fingerprint density at radius 1 is 1.05 bits per heavy atom. The van der Waals surface area contributed by atoms with Crippen LogP contribution in [0.3, 0.4) is 0 Å². The fourth-order valence-electron chi connectivity index (χ4n) is 1.77. The average molecular weight is 275 g/mol. The lowest BCUT2D eigenvalue weighted by Gasteiger charge is -2.06. The number of hydrogen-bond donors (Lipinski definition) is 0. The van der Waals surface area contributed by atoms with Gasteiger partial charge in [0, 0.05) is 12.7 Å². The van der Waals surface area contributed by atoms with E-state index in [2.05, 4.69) is 11.8 Å². The highest BCUT2D eigenvalue weighted by Gasteiger charge is 1.98. The summed E-state index contributed by atoms with van der Waals surface area (Å²) < 4.78 is 10.5. The van der Waals surface area contributed by atoms with Crippen LogP contribution in [0, 0.1) is 11.8 Å². The molecule has 0 amide bonds. The molecule has 0 aliphatic heterocycles. The predicted octanol–water partition coefficient (Wildman–Crippen LogP) is 3.46. The van der Waals surface area contributed by atoms with E-state index >= 15 is 0 Å². The Bertz CT molecular complexity index is 611. The zero-order chi connectivity index (χ0) is 13.5. The van der Waals surface area contributed by atoms with E-state index in [0.717, 1.165) is 22.1 Å². The molecule has 2 rings (SSSR count). The van der Waals surface area contributed by atoms with E-state index in [0.29, 0.717) is 19.1 Å². The first kappa shape index (κ1) is 13.7. The van der Waals surface area contributed by atoms with E-state index in [1.165, 1.54) is 0 Å². The predicted molar refractivity (Wildman–Crippen MR) is 78.9 cm³/mol. The van der Waals surface area contributed by atoms with Crippen molar-refractivity contribution in [3.05, 3.63) is 42.0 Å². The van der Waals surface area contributed by atoms with Crippen molar-refractivity contribution in [2.45, 2.75) is 0 Å². The number of rotatable bonds is 4. The molecule has 0 bridgehead atoms. The van der Waals surface area contributed by atoms with Crippen LogP contribution in [-0.4, -0.2) is 26.2 Å². The van der Waals surface area contributed by atoms with Crippen molar-refractivity contribution in [1.29, 1.82) is 0 Å². The van der Waals surface area contributed by atoms with Crippen molar-refractivity contribution < 1.29 is 9.47 Å². The van der Waals surface area contributed by atoms with E-state index in [1.54, 1.807) is 7.11 Å². The maximum atomic E-state index is 5.58. The van der Waals surface area contributed by atoms with Gasteiger partial charge in [-0.1, -0.05) is 24.0 Å².